The van der Waals surface area contributed by atoms with Gasteiger partial charge in [-0.1, -0.05) is 6.92 Å². The minimum Gasteiger partial charge on any atom is -0.477 e. The summed E-state index contributed by atoms with van der Waals surface area (Å²) in [5.74, 6) is 0.153. The second-order valence-corrected chi connectivity index (χ2v) is 4.60. The topological polar surface area (TPSA) is 71.3 Å². The molecule has 1 fully saturated rings. The number of hydrogen-bond acceptors (Lipinski definition) is 2. The molecule has 1 saturated carbocycles. The van der Waals surface area contributed by atoms with Gasteiger partial charge in [-0.25, -0.2) is 4.79 Å². The SMILES string of the molecule is CC1CC1CNC(=O)Cn1cccc1C(=O)O. The number of aromatic nitrogens is 1. The van der Waals surface area contributed by atoms with Gasteiger partial charge in [0.05, 0.1) is 0 Å². The Bertz CT molecular complexity index is 439. The highest BCUT2D eigenvalue weighted by Gasteiger charge is 2.32. The lowest BCUT2D eigenvalue weighted by molar-refractivity contribution is -0.121. The summed E-state index contributed by atoms with van der Waals surface area (Å²) >= 11 is 0. The monoisotopic (exact) mass is 236 g/mol. The van der Waals surface area contributed by atoms with Crippen molar-refractivity contribution in [1.29, 1.82) is 0 Å². The Labute approximate surface area is 99.4 Å². The van der Waals surface area contributed by atoms with Crippen molar-refractivity contribution in [3.63, 3.8) is 0 Å². The number of amides is 1. The first-order chi connectivity index (χ1) is 8.08. The first-order valence-electron chi connectivity index (χ1n) is 5.73. The molecule has 0 radical (unpaired) electrons. The van der Waals surface area contributed by atoms with Gasteiger partial charge in [0.25, 0.3) is 0 Å². The predicted octanol–water partition coefficient (Wildman–Crippen LogP) is 0.958. The van der Waals surface area contributed by atoms with E-state index < -0.39 is 5.97 Å². The zero-order valence-electron chi connectivity index (χ0n) is 9.72. The highest BCUT2D eigenvalue weighted by Crippen LogP contribution is 2.36. The van der Waals surface area contributed by atoms with Crippen LogP contribution in [0.3, 0.4) is 0 Å². The van der Waals surface area contributed by atoms with Gasteiger partial charge in [0, 0.05) is 12.7 Å². The molecular weight excluding hydrogens is 220 g/mol. The third kappa shape index (κ3) is 2.87. The van der Waals surface area contributed by atoms with Gasteiger partial charge in [0.2, 0.25) is 5.91 Å². The zero-order valence-corrected chi connectivity index (χ0v) is 9.72. The van der Waals surface area contributed by atoms with Gasteiger partial charge in [-0.3, -0.25) is 4.79 Å². The maximum Gasteiger partial charge on any atom is 0.352 e. The highest BCUT2D eigenvalue weighted by atomic mass is 16.4. The molecule has 0 spiro atoms. The molecule has 0 bridgehead atoms. The van der Waals surface area contributed by atoms with E-state index in [4.69, 9.17) is 5.11 Å². The summed E-state index contributed by atoms with van der Waals surface area (Å²) in [6.07, 6.45) is 2.77. The standard InChI is InChI=1S/C12H16N2O3/c1-8-5-9(8)6-13-11(15)7-14-4-2-3-10(14)12(16)17/h2-4,8-9H,5-7H2,1H3,(H,13,15)(H,16,17). The predicted molar refractivity (Wildman–Crippen MR) is 61.7 cm³/mol. The normalized spacial score (nSPS) is 22.2. The minimum absolute atomic E-state index is 0.0652. The van der Waals surface area contributed by atoms with Crippen molar-refractivity contribution in [2.75, 3.05) is 6.54 Å². The average molecular weight is 236 g/mol. The molecule has 0 aromatic carbocycles. The fraction of sp³-hybridized carbons (Fsp3) is 0.500. The van der Waals surface area contributed by atoms with Crippen LogP contribution < -0.4 is 5.32 Å². The van der Waals surface area contributed by atoms with E-state index in [2.05, 4.69) is 12.2 Å². The molecule has 17 heavy (non-hydrogen) atoms. The largest absolute Gasteiger partial charge is 0.477 e. The van der Waals surface area contributed by atoms with Crippen molar-refractivity contribution in [3.8, 4) is 0 Å². The second-order valence-electron chi connectivity index (χ2n) is 4.60. The van der Waals surface area contributed by atoms with E-state index in [0.717, 1.165) is 0 Å². The molecule has 1 aromatic rings. The van der Waals surface area contributed by atoms with Crippen LogP contribution in [0.2, 0.25) is 0 Å². The summed E-state index contributed by atoms with van der Waals surface area (Å²) in [6.45, 7) is 2.92. The Morgan fingerprint density at radius 2 is 2.29 bits per heavy atom. The van der Waals surface area contributed by atoms with Gasteiger partial charge in [-0.15, -0.1) is 0 Å². The van der Waals surface area contributed by atoms with Crippen LogP contribution in [0.15, 0.2) is 18.3 Å². The van der Waals surface area contributed by atoms with Gasteiger partial charge in [0.1, 0.15) is 12.2 Å². The van der Waals surface area contributed by atoms with Crippen LogP contribution >= 0.6 is 0 Å². The lowest BCUT2D eigenvalue weighted by atomic mass is 10.3. The van der Waals surface area contributed by atoms with E-state index in [-0.39, 0.29) is 18.1 Å². The van der Waals surface area contributed by atoms with Crippen molar-refractivity contribution >= 4 is 11.9 Å². The number of rotatable bonds is 5. The van der Waals surface area contributed by atoms with Gasteiger partial charge >= 0.3 is 5.97 Å². The van der Waals surface area contributed by atoms with Crippen LogP contribution in [0.25, 0.3) is 0 Å². The van der Waals surface area contributed by atoms with Crippen molar-refractivity contribution < 1.29 is 14.7 Å². The third-order valence-corrected chi connectivity index (χ3v) is 3.20. The quantitative estimate of drug-likeness (QED) is 0.799. The zero-order chi connectivity index (χ0) is 12.4. The molecule has 0 saturated heterocycles. The summed E-state index contributed by atoms with van der Waals surface area (Å²) in [6, 6.07) is 3.11. The molecule has 2 unspecified atom stereocenters. The van der Waals surface area contributed by atoms with Gasteiger partial charge in [-0.2, -0.15) is 0 Å². The van der Waals surface area contributed by atoms with Gasteiger partial charge in [-0.05, 0) is 30.4 Å². The summed E-state index contributed by atoms with van der Waals surface area (Å²) in [5, 5.41) is 11.7. The number of carboxylic acid groups (broad SMARTS) is 1. The molecule has 2 rings (SSSR count). The van der Waals surface area contributed by atoms with Crippen LogP contribution in [-0.2, 0) is 11.3 Å². The molecule has 0 aliphatic heterocycles. The minimum atomic E-state index is -1.02. The molecule has 1 heterocycles. The Hall–Kier alpha value is -1.78. The average Bonchev–Trinajstić information content (AvgIpc) is 2.76. The molecule has 1 aromatic heterocycles. The van der Waals surface area contributed by atoms with E-state index in [0.29, 0.717) is 18.4 Å². The molecule has 2 N–H and O–H groups in total. The van der Waals surface area contributed by atoms with Crippen molar-refractivity contribution in [2.24, 2.45) is 11.8 Å². The number of carbonyl (C=O) groups excluding carboxylic acids is 1. The number of carbonyl (C=O) groups is 2. The van der Waals surface area contributed by atoms with Gasteiger partial charge in [0.15, 0.2) is 0 Å². The van der Waals surface area contributed by atoms with Crippen LogP contribution in [0.1, 0.15) is 23.8 Å². The smallest absolute Gasteiger partial charge is 0.352 e. The molecular formula is C12H16N2O3. The summed E-state index contributed by atoms with van der Waals surface area (Å²) in [4.78, 5) is 22.4. The van der Waals surface area contributed by atoms with Crippen molar-refractivity contribution in [1.82, 2.24) is 9.88 Å². The molecule has 1 aliphatic carbocycles. The maximum atomic E-state index is 11.6. The van der Waals surface area contributed by atoms with E-state index in [1.54, 1.807) is 12.3 Å². The van der Waals surface area contributed by atoms with E-state index in [1.807, 2.05) is 0 Å². The molecule has 92 valence electrons. The van der Waals surface area contributed by atoms with Crippen LogP contribution in [0, 0.1) is 11.8 Å². The third-order valence-electron chi connectivity index (χ3n) is 3.20. The summed E-state index contributed by atoms with van der Waals surface area (Å²) in [5.41, 5.74) is 0.139. The van der Waals surface area contributed by atoms with E-state index >= 15 is 0 Å². The Morgan fingerprint density at radius 3 is 2.88 bits per heavy atom. The molecule has 2 atom stereocenters. The Kier molecular flexibility index (Phi) is 3.17. The van der Waals surface area contributed by atoms with E-state index in [9.17, 15) is 9.59 Å². The first kappa shape index (κ1) is 11.7. The number of nitrogens with zero attached hydrogens (tertiary/aromatic N) is 1. The number of hydrogen-bond donors (Lipinski definition) is 2. The molecule has 1 aliphatic rings. The van der Waals surface area contributed by atoms with Crippen LogP contribution in [0.5, 0.6) is 0 Å². The second kappa shape index (κ2) is 4.61. The van der Waals surface area contributed by atoms with E-state index in [1.165, 1.54) is 17.1 Å². The highest BCUT2D eigenvalue weighted by molar-refractivity contribution is 5.86. The van der Waals surface area contributed by atoms with Crippen LogP contribution in [0.4, 0.5) is 0 Å². The number of carboxylic acids is 1. The molecule has 1 amide bonds. The first-order valence-corrected chi connectivity index (χ1v) is 5.73. The lowest BCUT2D eigenvalue weighted by Crippen LogP contribution is -2.30. The van der Waals surface area contributed by atoms with Gasteiger partial charge < -0.3 is 15.0 Å². The fourth-order valence-corrected chi connectivity index (χ4v) is 1.89. The number of nitrogens with one attached hydrogen (secondary N) is 1. The van der Waals surface area contributed by atoms with Crippen molar-refractivity contribution in [3.05, 3.63) is 24.0 Å². The fourth-order valence-electron chi connectivity index (χ4n) is 1.89. The van der Waals surface area contributed by atoms with Crippen molar-refractivity contribution in [2.45, 2.75) is 19.9 Å². The lowest BCUT2D eigenvalue weighted by Gasteiger charge is -2.07. The maximum absolute atomic E-state index is 11.6. The summed E-state index contributed by atoms with van der Waals surface area (Å²) in [7, 11) is 0. The number of aromatic carboxylic acids is 1. The van der Waals surface area contributed by atoms with Crippen LogP contribution in [-0.4, -0.2) is 28.1 Å². The molecule has 5 nitrogen and oxygen atoms in total. The Morgan fingerprint density at radius 1 is 1.59 bits per heavy atom. The Balaban J connectivity index is 1.85. The summed E-state index contributed by atoms with van der Waals surface area (Å²) < 4.78 is 1.44. The molecule has 5 heteroatoms.